The average molecular weight is 286 g/mol. The normalized spacial score (nSPS) is 10.3. The number of rotatable bonds is 3. The van der Waals surface area contributed by atoms with Crippen molar-refractivity contribution in [1.29, 1.82) is 0 Å². The van der Waals surface area contributed by atoms with Crippen LogP contribution in [0.15, 0.2) is 53.8 Å². The predicted molar refractivity (Wildman–Crippen MR) is 75.0 cm³/mol. The summed E-state index contributed by atoms with van der Waals surface area (Å²) >= 11 is 0. The molecule has 106 valence electrons. The van der Waals surface area contributed by atoms with Gasteiger partial charge in [-0.05, 0) is 36.4 Å². The molecular formula is C14H11FN4O2. The summed E-state index contributed by atoms with van der Waals surface area (Å²) in [5, 5.41) is 5.92. The number of hydrogen-bond acceptors (Lipinski definition) is 4. The van der Waals surface area contributed by atoms with E-state index in [-0.39, 0.29) is 0 Å². The van der Waals surface area contributed by atoms with E-state index in [4.69, 9.17) is 0 Å². The maximum absolute atomic E-state index is 12.7. The standard InChI is InChI=1S/C14H11FN4O2/c15-10-4-6-11(7-5-10)18-13(20)14(21)19-17-9-12-3-1-2-8-16-12/h1-9H,(H,18,20)(H,19,21)/b17-9-. The molecule has 0 saturated carbocycles. The molecule has 21 heavy (non-hydrogen) atoms. The quantitative estimate of drug-likeness (QED) is 0.507. The third kappa shape index (κ3) is 4.50. The number of hydrazone groups is 1. The Morgan fingerprint density at radius 1 is 1.10 bits per heavy atom. The fourth-order valence-electron chi connectivity index (χ4n) is 1.38. The van der Waals surface area contributed by atoms with E-state index in [0.717, 1.165) is 0 Å². The molecule has 2 aromatic rings. The lowest BCUT2D eigenvalue weighted by Gasteiger charge is -2.03. The van der Waals surface area contributed by atoms with E-state index in [2.05, 4.69) is 20.8 Å². The van der Waals surface area contributed by atoms with Crippen molar-refractivity contribution < 1.29 is 14.0 Å². The summed E-state index contributed by atoms with van der Waals surface area (Å²) < 4.78 is 12.7. The zero-order valence-corrected chi connectivity index (χ0v) is 10.8. The molecule has 7 heteroatoms. The molecule has 0 bridgehead atoms. The number of benzene rings is 1. The molecule has 0 radical (unpaired) electrons. The Morgan fingerprint density at radius 2 is 1.86 bits per heavy atom. The maximum Gasteiger partial charge on any atom is 0.329 e. The minimum Gasteiger partial charge on any atom is -0.318 e. The third-order valence-electron chi connectivity index (χ3n) is 2.36. The molecule has 0 aliphatic rings. The second-order valence-corrected chi connectivity index (χ2v) is 3.91. The number of nitrogens with zero attached hydrogens (tertiary/aromatic N) is 2. The van der Waals surface area contributed by atoms with Crippen molar-refractivity contribution >= 4 is 23.7 Å². The molecule has 0 spiro atoms. The topological polar surface area (TPSA) is 83.5 Å². The van der Waals surface area contributed by atoms with E-state index in [1.165, 1.54) is 30.5 Å². The summed E-state index contributed by atoms with van der Waals surface area (Å²) in [6.45, 7) is 0. The number of aromatic nitrogens is 1. The summed E-state index contributed by atoms with van der Waals surface area (Å²) in [5.74, 6) is -2.27. The van der Waals surface area contributed by atoms with Gasteiger partial charge in [-0.2, -0.15) is 5.10 Å². The molecule has 0 fully saturated rings. The molecule has 6 nitrogen and oxygen atoms in total. The van der Waals surface area contributed by atoms with E-state index in [1.807, 2.05) is 0 Å². The molecular weight excluding hydrogens is 275 g/mol. The lowest BCUT2D eigenvalue weighted by Crippen LogP contribution is -2.32. The molecule has 2 rings (SSSR count). The van der Waals surface area contributed by atoms with Gasteiger partial charge in [-0.1, -0.05) is 6.07 Å². The fraction of sp³-hybridized carbons (Fsp3) is 0. The number of nitrogens with one attached hydrogen (secondary N) is 2. The SMILES string of the molecule is O=C(N/N=C\c1ccccn1)C(=O)Nc1ccc(F)cc1. The Morgan fingerprint density at radius 3 is 2.52 bits per heavy atom. The molecule has 0 atom stereocenters. The van der Waals surface area contributed by atoms with Crippen LogP contribution in [0.3, 0.4) is 0 Å². The van der Waals surface area contributed by atoms with Crippen LogP contribution in [0, 0.1) is 5.82 Å². The zero-order valence-electron chi connectivity index (χ0n) is 10.8. The third-order valence-corrected chi connectivity index (χ3v) is 2.36. The van der Waals surface area contributed by atoms with Crippen molar-refractivity contribution in [1.82, 2.24) is 10.4 Å². The molecule has 0 aliphatic carbocycles. The number of hydrogen-bond donors (Lipinski definition) is 2. The number of amides is 2. The molecule has 0 saturated heterocycles. The molecule has 1 heterocycles. The summed E-state index contributed by atoms with van der Waals surface area (Å²) in [6, 6.07) is 10.2. The van der Waals surface area contributed by atoms with Gasteiger partial charge in [0.2, 0.25) is 0 Å². The highest BCUT2D eigenvalue weighted by Gasteiger charge is 2.12. The Labute approximate surface area is 119 Å². The first-order valence-corrected chi connectivity index (χ1v) is 5.96. The van der Waals surface area contributed by atoms with Crippen molar-refractivity contribution in [2.45, 2.75) is 0 Å². The molecule has 1 aromatic heterocycles. The van der Waals surface area contributed by atoms with Gasteiger partial charge in [0.1, 0.15) is 5.82 Å². The Balaban J connectivity index is 1.87. The van der Waals surface area contributed by atoms with Crippen molar-refractivity contribution in [3.8, 4) is 0 Å². The van der Waals surface area contributed by atoms with Crippen LogP contribution in [0.1, 0.15) is 5.69 Å². The minimum absolute atomic E-state index is 0.310. The minimum atomic E-state index is -0.938. The van der Waals surface area contributed by atoms with Gasteiger partial charge in [0.15, 0.2) is 0 Å². The lowest BCUT2D eigenvalue weighted by atomic mass is 10.3. The Hall–Kier alpha value is -3.09. The molecule has 2 amide bonds. The second-order valence-electron chi connectivity index (χ2n) is 3.91. The van der Waals surface area contributed by atoms with E-state index < -0.39 is 17.6 Å². The van der Waals surface area contributed by atoms with Gasteiger partial charge in [-0.3, -0.25) is 14.6 Å². The van der Waals surface area contributed by atoms with Gasteiger partial charge in [0.05, 0.1) is 11.9 Å². The molecule has 2 N–H and O–H groups in total. The van der Waals surface area contributed by atoms with Crippen LogP contribution >= 0.6 is 0 Å². The largest absolute Gasteiger partial charge is 0.329 e. The number of carbonyl (C=O) groups excluding carboxylic acids is 2. The van der Waals surface area contributed by atoms with Crippen LogP contribution in [0.2, 0.25) is 0 Å². The smallest absolute Gasteiger partial charge is 0.318 e. The summed E-state index contributed by atoms with van der Waals surface area (Å²) in [7, 11) is 0. The van der Waals surface area contributed by atoms with Crippen molar-refractivity contribution in [3.05, 3.63) is 60.2 Å². The summed E-state index contributed by atoms with van der Waals surface area (Å²) in [6.07, 6.45) is 2.88. The van der Waals surface area contributed by atoms with Crippen LogP contribution in [0.25, 0.3) is 0 Å². The van der Waals surface area contributed by atoms with Gasteiger partial charge < -0.3 is 5.32 Å². The van der Waals surface area contributed by atoms with Crippen LogP contribution in [0.5, 0.6) is 0 Å². The van der Waals surface area contributed by atoms with E-state index in [9.17, 15) is 14.0 Å². The monoisotopic (exact) mass is 286 g/mol. The van der Waals surface area contributed by atoms with E-state index in [0.29, 0.717) is 11.4 Å². The second kappa shape index (κ2) is 6.90. The summed E-state index contributed by atoms with van der Waals surface area (Å²) in [4.78, 5) is 27.0. The van der Waals surface area contributed by atoms with E-state index in [1.54, 1.807) is 24.4 Å². The van der Waals surface area contributed by atoms with Crippen LogP contribution in [0.4, 0.5) is 10.1 Å². The van der Waals surface area contributed by atoms with Crippen molar-refractivity contribution in [3.63, 3.8) is 0 Å². The van der Waals surface area contributed by atoms with Crippen LogP contribution < -0.4 is 10.7 Å². The van der Waals surface area contributed by atoms with Crippen molar-refractivity contribution in [2.24, 2.45) is 5.10 Å². The highest BCUT2D eigenvalue weighted by Crippen LogP contribution is 2.07. The van der Waals surface area contributed by atoms with Gasteiger partial charge in [0.25, 0.3) is 0 Å². The lowest BCUT2D eigenvalue weighted by molar-refractivity contribution is -0.136. The van der Waals surface area contributed by atoms with Gasteiger partial charge in [-0.25, -0.2) is 9.82 Å². The predicted octanol–water partition coefficient (Wildman–Crippen LogP) is 1.31. The van der Waals surface area contributed by atoms with Crippen LogP contribution in [-0.4, -0.2) is 23.0 Å². The average Bonchev–Trinajstić information content (AvgIpc) is 2.50. The first-order chi connectivity index (χ1) is 10.1. The first kappa shape index (κ1) is 14.3. The number of anilines is 1. The number of pyridine rings is 1. The highest BCUT2D eigenvalue weighted by molar-refractivity contribution is 6.39. The number of halogens is 1. The zero-order chi connectivity index (χ0) is 15.1. The maximum atomic E-state index is 12.7. The molecule has 0 aliphatic heterocycles. The Kier molecular flexibility index (Phi) is 4.70. The first-order valence-electron chi connectivity index (χ1n) is 5.96. The van der Waals surface area contributed by atoms with Crippen LogP contribution in [-0.2, 0) is 9.59 Å². The highest BCUT2D eigenvalue weighted by atomic mass is 19.1. The molecule has 1 aromatic carbocycles. The van der Waals surface area contributed by atoms with Crippen molar-refractivity contribution in [2.75, 3.05) is 5.32 Å². The molecule has 0 unspecified atom stereocenters. The number of carbonyl (C=O) groups is 2. The van der Waals surface area contributed by atoms with Gasteiger partial charge >= 0.3 is 11.8 Å². The van der Waals surface area contributed by atoms with E-state index >= 15 is 0 Å². The van der Waals surface area contributed by atoms with Gasteiger partial charge in [-0.15, -0.1) is 0 Å². The van der Waals surface area contributed by atoms with Gasteiger partial charge in [0, 0.05) is 11.9 Å². The summed E-state index contributed by atoms with van der Waals surface area (Å²) in [5.41, 5.74) is 2.92. The fourth-order valence-corrected chi connectivity index (χ4v) is 1.38. The Bertz CT molecular complexity index is 656.